The van der Waals surface area contributed by atoms with Crippen LogP contribution in [0.25, 0.3) is 5.13 Å². The lowest BCUT2D eigenvalue weighted by molar-refractivity contribution is 0.0954. The largest absolute Gasteiger partial charge is 0.347 e. The van der Waals surface area contributed by atoms with E-state index in [1.807, 2.05) is 30.3 Å². The van der Waals surface area contributed by atoms with E-state index in [0.29, 0.717) is 22.2 Å². The van der Waals surface area contributed by atoms with E-state index in [1.165, 1.54) is 22.1 Å². The Morgan fingerprint density at radius 2 is 2.14 bits per heavy atom. The van der Waals surface area contributed by atoms with Crippen LogP contribution in [0.1, 0.15) is 20.9 Å². The molecule has 0 aliphatic rings. The van der Waals surface area contributed by atoms with E-state index < -0.39 is 0 Å². The highest BCUT2D eigenvalue weighted by atomic mass is 32.1. The molecule has 6 nitrogen and oxygen atoms in total. The molecule has 0 aliphatic carbocycles. The number of nitrogens with zero attached hydrogens (tertiary/aromatic N) is 2. The van der Waals surface area contributed by atoms with Crippen molar-refractivity contribution in [3.8, 4) is 5.13 Å². The molecule has 0 bridgehead atoms. The second-order valence-electron chi connectivity index (χ2n) is 4.71. The summed E-state index contributed by atoms with van der Waals surface area (Å²) in [5.41, 5.74) is 1.36. The van der Waals surface area contributed by atoms with E-state index in [1.54, 1.807) is 13.1 Å². The van der Waals surface area contributed by atoms with Gasteiger partial charge in [-0.05, 0) is 12.5 Å². The van der Waals surface area contributed by atoms with Crippen molar-refractivity contribution >= 4 is 17.2 Å². The fourth-order valence-electron chi connectivity index (χ4n) is 2.03. The van der Waals surface area contributed by atoms with Gasteiger partial charge in [0.1, 0.15) is 4.88 Å². The topological polar surface area (TPSA) is 79.8 Å². The van der Waals surface area contributed by atoms with E-state index in [-0.39, 0.29) is 11.6 Å². The van der Waals surface area contributed by atoms with Crippen LogP contribution >= 0.6 is 11.3 Å². The SMILES string of the molecule is Cc1nc(-n2cc[nH]c2=O)sc1C(=O)NCc1ccccc1. The maximum absolute atomic E-state index is 12.3. The smallest absolute Gasteiger partial charge is 0.331 e. The number of aryl methyl sites for hydroxylation is 1. The van der Waals surface area contributed by atoms with E-state index in [0.717, 1.165) is 5.56 Å². The highest BCUT2D eigenvalue weighted by Gasteiger charge is 2.16. The van der Waals surface area contributed by atoms with Crippen LogP contribution in [-0.2, 0) is 6.54 Å². The van der Waals surface area contributed by atoms with Gasteiger partial charge in [-0.1, -0.05) is 41.7 Å². The first-order chi connectivity index (χ1) is 10.6. The summed E-state index contributed by atoms with van der Waals surface area (Å²) < 4.78 is 1.38. The fourth-order valence-corrected chi connectivity index (χ4v) is 2.99. The second-order valence-corrected chi connectivity index (χ2v) is 5.69. The molecule has 2 N–H and O–H groups in total. The normalized spacial score (nSPS) is 10.6. The molecule has 112 valence electrons. The number of carbonyl (C=O) groups excluding carboxylic acids is 1. The summed E-state index contributed by atoms with van der Waals surface area (Å²) >= 11 is 1.19. The summed E-state index contributed by atoms with van der Waals surface area (Å²) in [6.07, 6.45) is 3.13. The number of hydrogen-bond acceptors (Lipinski definition) is 4. The first kappa shape index (κ1) is 14.3. The number of thiazole rings is 1. The van der Waals surface area contributed by atoms with Gasteiger partial charge in [-0.3, -0.25) is 4.79 Å². The van der Waals surface area contributed by atoms with Gasteiger partial charge in [0.25, 0.3) is 5.91 Å². The lowest BCUT2D eigenvalue weighted by atomic mass is 10.2. The summed E-state index contributed by atoms with van der Waals surface area (Å²) in [7, 11) is 0. The van der Waals surface area contributed by atoms with Crippen LogP contribution in [0.3, 0.4) is 0 Å². The molecule has 2 aromatic heterocycles. The van der Waals surface area contributed by atoms with Gasteiger partial charge in [-0.2, -0.15) is 0 Å². The minimum Gasteiger partial charge on any atom is -0.347 e. The van der Waals surface area contributed by atoms with Crippen LogP contribution in [0, 0.1) is 6.92 Å². The van der Waals surface area contributed by atoms with Gasteiger partial charge in [0.15, 0.2) is 5.13 Å². The maximum Gasteiger partial charge on any atom is 0.331 e. The molecular weight excluding hydrogens is 300 g/mol. The van der Waals surface area contributed by atoms with Crippen molar-refractivity contribution in [1.29, 1.82) is 0 Å². The zero-order chi connectivity index (χ0) is 15.5. The number of aromatic amines is 1. The number of nitrogens with one attached hydrogen (secondary N) is 2. The lowest BCUT2D eigenvalue weighted by Gasteiger charge is -2.03. The lowest BCUT2D eigenvalue weighted by Crippen LogP contribution is -2.22. The summed E-state index contributed by atoms with van der Waals surface area (Å²) in [6.45, 7) is 2.21. The Kier molecular flexibility index (Phi) is 3.88. The van der Waals surface area contributed by atoms with Gasteiger partial charge in [0, 0.05) is 18.9 Å². The molecular formula is C15H14N4O2S. The molecule has 0 fully saturated rings. The van der Waals surface area contributed by atoms with Crippen LogP contribution in [0.5, 0.6) is 0 Å². The minimum absolute atomic E-state index is 0.186. The van der Waals surface area contributed by atoms with Gasteiger partial charge in [0.05, 0.1) is 5.69 Å². The Morgan fingerprint density at radius 1 is 1.36 bits per heavy atom. The van der Waals surface area contributed by atoms with E-state index in [9.17, 15) is 9.59 Å². The molecule has 7 heteroatoms. The highest BCUT2D eigenvalue weighted by Crippen LogP contribution is 2.20. The number of imidazole rings is 1. The number of amides is 1. The molecule has 2 heterocycles. The number of benzene rings is 1. The molecule has 0 saturated heterocycles. The van der Waals surface area contributed by atoms with Crippen molar-refractivity contribution in [3.63, 3.8) is 0 Å². The van der Waals surface area contributed by atoms with Crippen LogP contribution in [0.15, 0.2) is 47.5 Å². The van der Waals surface area contributed by atoms with Crippen molar-refractivity contribution in [1.82, 2.24) is 19.9 Å². The fraction of sp³-hybridized carbons (Fsp3) is 0.133. The molecule has 0 saturated carbocycles. The molecule has 1 amide bonds. The molecule has 3 aromatic rings. The van der Waals surface area contributed by atoms with Crippen molar-refractivity contribution < 1.29 is 4.79 Å². The third-order valence-corrected chi connectivity index (χ3v) is 4.30. The van der Waals surface area contributed by atoms with Gasteiger partial charge < -0.3 is 10.3 Å². The quantitative estimate of drug-likeness (QED) is 0.771. The van der Waals surface area contributed by atoms with Crippen molar-refractivity contribution in [2.75, 3.05) is 0 Å². The first-order valence-electron chi connectivity index (χ1n) is 6.71. The summed E-state index contributed by atoms with van der Waals surface area (Å²) in [4.78, 5) is 31.2. The zero-order valence-corrected chi connectivity index (χ0v) is 12.7. The maximum atomic E-state index is 12.3. The first-order valence-corrected chi connectivity index (χ1v) is 7.53. The monoisotopic (exact) mass is 314 g/mol. The Balaban J connectivity index is 1.77. The molecule has 22 heavy (non-hydrogen) atoms. The van der Waals surface area contributed by atoms with Crippen molar-refractivity contribution in [2.24, 2.45) is 0 Å². The van der Waals surface area contributed by atoms with Gasteiger partial charge in [0.2, 0.25) is 0 Å². The third kappa shape index (κ3) is 2.84. The molecule has 0 unspecified atom stereocenters. The van der Waals surface area contributed by atoms with Crippen LogP contribution in [-0.4, -0.2) is 20.4 Å². The standard InChI is InChI=1S/C15H14N4O2S/c1-10-12(13(20)17-9-11-5-3-2-4-6-11)22-15(18-10)19-8-7-16-14(19)21/h2-8H,9H2,1H3,(H,16,21)(H,17,20). The molecule has 0 atom stereocenters. The Hall–Kier alpha value is -2.67. The van der Waals surface area contributed by atoms with Crippen LogP contribution in [0.4, 0.5) is 0 Å². The number of rotatable bonds is 4. The Bertz CT molecular complexity index is 848. The predicted octanol–water partition coefficient (Wildman–Crippen LogP) is 1.86. The summed E-state index contributed by atoms with van der Waals surface area (Å²) in [5.74, 6) is -0.186. The second kappa shape index (κ2) is 5.98. The molecule has 0 spiro atoms. The number of carbonyl (C=O) groups is 1. The van der Waals surface area contributed by atoms with Gasteiger partial charge >= 0.3 is 5.69 Å². The third-order valence-electron chi connectivity index (χ3n) is 3.14. The van der Waals surface area contributed by atoms with E-state index in [2.05, 4.69) is 15.3 Å². The number of H-pyrrole nitrogens is 1. The molecule has 1 aromatic carbocycles. The minimum atomic E-state index is -0.273. The molecule has 0 radical (unpaired) electrons. The molecule has 3 rings (SSSR count). The Labute approximate surface area is 130 Å². The predicted molar refractivity (Wildman–Crippen MR) is 84.4 cm³/mol. The van der Waals surface area contributed by atoms with Gasteiger partial charge in [-0.15, -0.1) is 0 Å². The highest BCUT2D eigenvalue weighted by molar-refractivity contribution is 7.16. The van der Waals surface area contributed by atoms with E-state index >= 15 is 0 Å². The average Bonchev–Trinajstić information content (AvgIpc) is 3.11. The van der Waals surface area contributed by atoms with E-state index in [4.69, 9.17) is 0 Å². The zero-order valence-electron chi connectivity index (χ0n) is 11.9. The average molecular weight is 314 g/mol. The summed E-state index contributed by atoms with van der Waals surface area (Å²) in [6, 6.07) is 9.68. The Morgan fingerprint density at radius 3 is 2.82 bits per heavy atom. The van der Waals surface area contributed by atoms with Crippen LogP contribution < -0.4 is 11.0 Å². The molecule has 0 aliphatic heterocycles. The summed E-state index contributed by atoms with van der Waals surface area (Å²) in [5, 5.41) is 3.35. The van der Waals surface area contributed by atoms with Crippen LogP contribution in [0.2, 0.25) is 0 Å². The number of aromatic nitrogens is 3. The van der Waals surface area contributed by atoms with Gasteiger partial charge in [-0.25, -0.2) is 14.3 Å². The van der Waals surface area contributed by atoms with Crippen molar-refractivity contribution in [3.05, 3.63) is 69.3 Å². The number of hydrogen-bond donors (Lipinski definition) is 2. The van der Waals surface area contributed by atoms with Crippen molar-refractivity contribution in [2.45, 2.75) is 13.5 Å².